The first kappa shape index (κ1) is 44.0. The summed E-state index contributed by atoms with van der Waals surface area (Å²) in [4.78, 5) is 34.7. The molecule has 3 aromatic carbocycles. The predicted octanol–water partition coefficient (Wildman–Crippen LogP) is 5.35. The van der Waals surface area contributed by atoms with Crippen molar-refractivity contribution in [2.45, 2.75) is 63.3 Å². The van der Waals surface area contributed by atoms with Crippen LogP contribution < -0.4 is 14.2 Å². The van der Waals surface area contributed by atoms with Crippen LogP contribution in [0, 0.1) is 0 Å². The number of hydrogen-bond acceptors (Lipinski definition) is 12. The fraction of sp³-hybridized carbons (Fsp3) is 0.372. The molecule has 0 radical (unpaired) electrons. The smallest absolute Gasteiger partial charge is 0.330 e. The van der Waals surface area contributed by atoms with Gasteiger partial charge in [-0.15, -0.1) is 0 Å². The molecule has 0 heterocycles. The lowest BCUT2D eigenvalue weighted by Crippen LogP contribution is -2.29. The Morgan fingerprint density at radius 1 is 0.600 bits per heavy atom. The normalized spacial score (nSPS) is 14.1. The molecular formula is C43H52O12. The molecule has 0 aliphatic heterocycles. The number of esters is 3. The van der Waals surface area contributed by atoms with E-state index in [9.17, 15) is 29.7 Å². The quantitative estimate of drug-likeness (QED) is 0.0610. The highest BCUT2D eigenvalue weighted by Crippen LogP contribution is 2.48. The molecule has 0 aliphatic rings. The summed E-state index contributed by atoms with van der Waals surface area (Å²) in [6, 6.07) is 20.7. The molecule has 55 heavy (non-hydrogen) atoms. The largest absolute Gasteiger partial charge is 0.490 e. The SMILES string of the molecule is C=CC(=O)OCC(O)COc1ccccc1C(CC)c1cccc(C(C)(CC)c2ccccc2OCC(O)COC(=O)C=C)c1OCC(O)COC(=O)C=C. The topological polar surface area (TPSA) is 167 Å². The van der Waals surface area contributed by atoms with Gasteiger partial charge < -0.3 is 43.7 Å². The molecule has 0 saturated carbocycles. The zero-order valence-corrected chi connectivity index (χ0v) is 31.7. The number of carbonyl (C=O) groups excluding carboxylic acids is 3. The molecule has 0 fully saturated rings. The predicted molar refractivity (Wildman–Crippen MR) is 206 cm³/mol. The van der Waals surface area contributed by atoms with Gasteiger partial charge in [0.05, 0.1) is 0 Å². The van der Waals surface area contributed by atoms with Crippen LogP contribution in [-0.4, -0.2) is 91.2 Å². The van der Waals surface area contributed by atoms with Crippen molar-refractivity contribution in [1.29, 1.82) is 0 Å². The molecule has 0 bridgehead atoms. The standard InChI is InChI=1S/C43H52O12/c1-7-32(33-17-12-14-21-37(33)50-23-29(44)25-52-39(47)8-2)34-18-16-20-36(42(34)55-28-31(46)27-54-41(49)10-4)43(6,11-5)35-19-13-15-22-38(35)51-24-30(45)26-53-40(48)9-3/h8-10,12-22,29-32,44-46H,2-4,7,11,23-28H2,1,5-6H3. The van der Waals surface area contributed by atoms with E-state index >= 15 is 0 Å². The molecule has 3 rings (SSSR count). The molecule has 296 valence electrons. The minimum Gasteiger partial charge on any atom is -0.490 e. The Kier molecular flexibility index (Phi) is 17.6. The Labute approximate surface area is 322 Å². The molecule has 0 amide bonds. The van der Waals surface area contributed by atoms with Gasteiger partial charge in [-0.05, 0) is 25.0 Å². The third-order valence-corrected chi connectivity index (χ3v) is 8.94. The van der Waals surface area contributed by atoms with Crippen molar-refractivity contribution < 1.29 is 58.1 Å². The van der Waals surface area contributed by atoms with Gasteiger partial charge in [0.1, 0.15) is 75.2 Å². The second kappa shape index (κ2) is 22.1. The van der Waals surface area contributed by atoms with Crippen molar-refractivity contribution in [3.63, 3.8) is 0 Å². The summed E-state index contributed by atoms with van der Waals surface area (Å²) in [5, 5.41) is 31.8. The van der Waals surface area contributed by atoms with E-state index in [4.69, 9.17) is 28.4 Å². The number of rotatable bonds is 24. The monoisotopic (exact) mass is 760 g/mol. The van der Waals surface area contributed by atoms with Crippen LogP contribution in [0.5, 0.6) is 17.2 Å². The van der Waals surface area contributed by atoms with Gasteiger partial charge in [0.15, 0.2) is 0 Å². The number of aliphatic hydroxyl groups is 3. The molecule has 0 aliphatic carbocycles. The van der Waals surface area contributed by atoms with Gasteiger partial charge >= 0.3 is 17.9 Å². The number of benzene rings is 3. The molecular weight excluding hydrogens is 708 g/mol. The number of hydrogen-bond donors (Lipinski definition) is 3. The maximum absolute atomic E-state index is 11.7. The van der Waals surface area contributed by atoms with Gasteiger partial charge in [0.2, 0.25) is 0 Å². The van der Waals surface area contributed by atoms with Crippen molar-refractivity contribution in [3.8, 4) is 17.2 Å². The zero-order valence-electron chi connectivity index (χ0n) is 31.7. The summed E-state index contributed by atoms with van der Waals surface area (Å²) in [6.07, 6.45) is 0.845. The summed E-state index contributed by atoms with van der Waals surface area (Å²) in [5.41, 5.74) is 2.39. The maximum atomic E-state index is 11.7. The molecule has 0 saturated heterocycles. The third kappa shape index (κ3) is 12.6. The van der Waals surface area contributed by atoms with E-state index < -0.39 is 41.6 Å². The van der Waals surface area contributed by atoms with Gasteiger partial charge in [-0.1, -0.05) is 95.1 Å². The average molecular weight is 761 g/mol. The van der Waals surface area contributed by atoms with Crippen LogP contribution in [0.25, 0.3) is 0 Å². The fourth-order valence-corrected chi connectivity index (χ4v) is 5.91. The van der Waals surface area contributed by atoms with Crippen molar-refractivity contribution in [3.05, 3.63) is 127 Å². The van der Waals surface area contributed by atoms with Crippen molar-refractivity contribution in [2.75, 3.05) is 39.6 Å². The zero-order chi connectivity index (χ0) is 40.4. The highest BCUT2D eigenvalue weighted by atomic mass is 16.6. The number of ether oxygens (including phenoxy) is 6. The lowest BCUT2D eigenvalue weighted by atomic mass is 9.72. The van der Waals surface area contributed by atoms with E-state index in [2.05, 4.69) is 19.7 Å². The highest BCUT2D eigenvalue weighted by molar-refractivity contribution is 5.81. The number of para-hydroxylation sites is 3. The Hall–Kier alpha value is -5.43. The van der Waals surface area contributed by atoms with Crippen molar-refractivity contribution in [2.24, 2.45) is 0 Å². The van der Waals surface area contributed by atoms with E-state index in [1.54, 1.807) is 12.1 Å². The molecule has 0 spiro atoms. The van der Waals surface area contributed by atoms with Crippen LogP contribution in [0.2, 0.25) is 0 Å². The van der Waals surface area contributed by atoms with E-state index in [-0.39, 0.29) is 45.6 Å². The first-order valence-electron chi connectivity index (χ1n) is 18.0. The molecule has 3 N–H and O–H groups in total. The van der Waals surface area contributed by atoms with Crippen LogP contribution in [0.15, 0.2) is 105 Å². The van der Waals surface area contributed by atoms with Crippen molar-refractivity contribution in [1.82, 2.24) is 0 Å². The second-order valence-electron chi connectivity index (χ2n) is 12.8. The number of aliphatic hydroxyl groups excluding tert-OH is 3. The van der Waals surface area contributed by atoms with E-state index in [0.29, 0.717) is 30.1 Å². The first-order valence-corrected chi connectivity index (χ1v) is 18.0. The molecule has 0 aromatic heterocycles. The fourth-order valence-electron chi connectivity index (χ4n) is 5.91. The lowest BCUT2D eigenvalue weighted by Gasteiger charge is -2.35. The minimum atomic E-state index is -1.17. The molecule has 3 aromatic rings. The van der Waals surface area contributed by atoms with Crippen LogP contribution in [-0.2, 0) is 34.0 Å². The Balaban J connectivity index is 2.09. The van der Waals surface area contributed by atoms with Crippen LogP contribution >= 0.6 is 0 Å². The maximum Gasteiger partial charge on any atom is 0.330 e. The first-order chi connectivity index (χ1) is 26.4. The summed E-state index contributed by atoms with van der Waals surface area (Å²) < 4.78 is 33.8. The minimum absolute atomic E-state index is 0.146. The molecule has 12 heteroatoms. The van der Waals surface area contributed by atoms with Gasteiger partial charge in [-0.3, -0.25) is 0 Å². The second-order valence-corrected chi connectivity index (χ2v) is 12.8. The third-order valence-electron chi connectivity index (χ3n) is 8.94. The van der Waals surface area contributed by atoms with Gasteiger partial charge in [-0.2, -0.15) is 0 Å². The number of carbonyl (C=O) groups is 3. The molecule has 5 atom stereocenters. The highest BCUT2D eigenvalue weighted by Gasteiger charge is 2.35. The molecule has 5 unspecified atom stereocenters. The Morgan fingerprint density at radius 3 is 1.55 bits per heavy atom. The molecule has 12 nitrogen and oxygen atoms in total. The summed E-state index contributed by atoms with van der Waals surface area (Å²) in [7, 11) is 0. The average Bonchev–Trinajstić information content (AvgIpc) is 3.21. The lowest BCUT2D eigenvalue weighted by molar-refractivity contribution is -0.142. The van der Waals surface area contributed by atoms with E-state index in [0.717, 1.165) is 40.5 Å². The van der Waals surface area contributed by atoms with Crippen LogP contribution in [0.1, 0.15) is 61.8 Å². The van der Waals surface area contributed by atoms with Gasteiger partial charge in [0, 0.05) is 51.8 Å². The van der Waals surface area contributed by atoms with E-state index in [1.165, 1.54) is 0 Å². The summed E-state index contributed by atoms with van der Waals surface area (Å²) in [5.74, 6) is -0.797. The summed E-state index contributed by atoms with van der Waals surface area (Å²) >= 11 is 0. The van der Waals surface area contributed by atoms with Crippen LogP contribution in [0.4, 0.5) is 0 Å². The Morgan fingerprint density at radius 2 is 1.04 bits per heavy atom. The van der Waals surface area contributed by atoms with Gasteiger partial charge in [-0.25, -0.2) is 14.4 Å². The Bertz CT molecular complexity index is 1750. The van der Waals surface area contributed by atoms with Crippen LogP contribution in [0.3, 0.4) is 0 Å². The van der Waals surface area contributed by atoms with Crippen molar-refractivity contribution >= 4 is 17.9 Å². The summed E-state index contributed by atoms with van der Waals surface area (Å²) in [6.45, 7) is 14.8. The van der Waals surface area contributed by atoms with E-state index in [1.807, 2.05) is 75.4 Å². The van der Waals surface area contributed by atoms with Gasteiger partial charge in [0.25, 0.3) is 0 Å².